The SMILES string of the molecule is COc1cc(C)c2[nH]ccc2c1CN1CCC2(CC1c1ccccc1)CC(F)(F)C2. The average Bonchev–Trinajstić information content (AvgIpc) is 3.21. The molecule has 1 unspecified atom stereocenters. The number of fused-ring (bicyclic) bond motifs is 1. The molecule has 5 rings (SSSR count). The molecule has 2 aromatic carbocycles. The zero-order chi connectivity index (χ0) is 20.9. The number of piperidine rings is 1. The number of benzene rings is 2. The molecule has 2 heterocycles. The monoisotopic (exact) mass is 410 g/mol. The maximum absolute atomic E-state index is 13.8. The number of aromatic amines is 1. The van der Waals surface area contributed by atoms with E-state index in [-0.39, 0.29) is 24.3 Å². The quantitative estimate of drug-likeness (QED) is 0.552. The minimum absolute atomic E-state index is 0.0348. The van der Waals surface area contributed by atoms with Crippen LogP contribution in [0, 0.1) is 12.3 Å². The van der Waals surface area contributed by atoms with Crippen molar-refractivity contribution in [1.82, 2.24) is 9.88 Å². The standard InChI is InChI=1S/C25H28F2N2O/c1-17-12-22(30-2)20(19-8-10-28-23(17)19)14-29-11-9-24(15-25(26,27)16-24)13-21(29)18-6-4-3-5-7-18/h3-8,10,12,21,28H,9,11,13-16H2,1-2H3. The van der Waals surface area contributed by atoms with Gasteiger partial charge in [0, 0.05) is 48.1 Å². The number of aryl methyl sites for hydroxylation is 1. The Bertz CT molecular complexity index is 1050. The Morgan fingerprint density at radius 2 is 1.93 bits per heavy atom. The van der Waals surface area contributed by atoms with Crippen molar-refractivity contribution in [1.29, 1.82) is 0 Å². The van der Waals surface area contributed by atoms with Crippen LogP contribution in [0.1, 0.15) is 48.4 Å². The van der Waals surface area contributed by atoms with E-state index in [9.17, 15) is 8.78 Å². The van der Waals surface area contributed by atoms with Crippen LogP contribution in [0.15, 0.2) is 48.7 Å². The van der Waals surface area contributed by atoms with E-state index < -0.39 is 5.92 Å². The Morgan fingerprint density at radius 1 is 1.17 bits per heavy atom. The molecule has 1 atom stereocenters. The fourth-order valence-electron chi connectivity index (χ4n) is 5.72. The zero-order valence-corrected chi connectivity index (χ0v) is 17.6. The van der Waals surface area contributed by atoms with Crippen LogP contribution in [0.25, 0.3) is 10.9 Å². The van der Waals surface area contributed by atoms with E-state index in [1.807, 2.05) is 24.4 Å². The predicted molar refractivity (Wildman–Crippen MR) is 115 cm³/mol. The van der Waals surface area contributed by atoms with E-state index in [4.69, 9.17) is 4.74 Å². The molecule has 5 heteroatoms. The molecule has 2 aliphatic rings. The molecule has 3 nitrogen and oxygen atoms in total. The molecule has 0 amide bonds. The summed E-state index contributed by atoms with van der Waals surface area (Å²) in [6.45, 7) is 3.64. The summed E-state index contributed by atoms with van der Waals surface area (Å²) in [6.07, 6.45) is 3.66. The minimum atomic E-state index is -2.49. The smallest absolute Gasteiger partial charge is 0.249 e. The first-order valence-electron chi connectivity index (χ1n) is 10.7. The van der Waals surface area contributed by atoms with Crippen LogP contribution in [0.2, 0.25) is 0 Å². The number of methoxy groups -OCH3 is 1. The predicted octanol–water partition coefficient (Wildman–Crippen LogP) is 6.24. The van der Waals surface area contributed by atoms with Crippen LogP contribution >= 0.6 is 0 Å². The molecule has 158 valence electrons. The molecule has 1 saturated heterocycles. The average molecular weight is 411 g/mol. The maximum Gasteiger partial charge on any atom is 0.249 e. The van der Waals surface area contributed by atoms with Gasteiger partial charge in [-0.3, -0.25) is 4.90 Å². The maximum atomic E-state index is 13.8. The van der Waals surface area contributed by atoms with Crippen molar-refractivity contribution in [3.05, 3.63) is 65.4 Å². The molecule has 1 aliphatic heterocycles. The highest BCUT2D eigenvalue weighted by Crippen LogP contribution is 2.60. The molecular formula is C25H28F2N2O. The third kappa shape index (κ3) is 3.29. The molecule has 2 fully saturated rings. The highest BCUT2D eigenvalue weighted by Gasteiger charge is 2.58. The molecule has 0 bridgehead atoms. The van der Waals surface area contributed by atoms with Crippen molar-refractivity contribution in [3.63, 3.8) is 0 Å². The largest absolute Gasteiger partial charge is 0.496 e. The third-order valence-electron chi connectivity index (χ3n) is 7.14. The number of hydrogen-bond acceptors (Lipinski definition) is 2. The van der Waals surface area contributed by atoms with Gasteiger partial charge in [0.1, 0.15) is 5.75 Å². The summed E-state index contributed by atoms with van der Waals surface area (Å²) < 4.78 is 33.3. The molecule has 1 saturated carbocycles. The fourth-order valence-corrected chi connectivity index (χ4v) is 5.72. The molecule has 1 N–H and O–H groups in total. The van der Waals surface area contributed by atoms with Crippen molar-refractivity contribution in [2.24, 2.45) is 5.41 Å². The van der Waals surface area contributed by atoms with Gasteiger partial charge < -0.3 is 9.72 Å². The van der Waals surface area contributed by atoms with Gasteiger partial charge in [-0.05, 0) is 55.0 Å². The van der Waals surface area contributed by atoms with Crippen molar-refractivity contribution in [2.75, 3.05) is 13.7 Å². The van der Waals surface area contributed by atoms with Crippen molar-refractivity contribution >= 4 is 10.9 Å². The van der Waals surface area contributed by atoms with Crippen LogP contribution in [-0.2, 0) is 6.54 Å². The van der Waals surface area contributed by atoms with Crippen LogP contribution in [0.5, 0.6) is 5.75 Å². The van der Waals surface area contributed by atoms with E-state index in [0.717, 1.165) is 48.3 Å². The van der Waals surface area contributed by atoms with Gasteiger partial charge in [0.2, 0.25) is 5.92 Å². The summed E-state index contributed by atoms with van der Waals surface area (Å²) in [5.41, 5.74) is 4.44. The Labute approximate surface area is 176 Å². The van der Waals surface area contributed by atoms with Gasteiger partial charge in [-0.1, -0.05) is 30.3 Å². The number of likely N-dealkylation sites (tertiary alicyclic amines) is 1. The van der Waals surface area contributed by atoms with Crippen LogP contribution in [0.4, 0.5) is 8.78 Å². The van der Waals surface area contributed by atoms with Gasteiger partial charge in [0.25, 0.3) is 0 Å². The lowest BCUT2D eigenvalue weighted by Crippen LogP contribution is -2.53. The van der Waals surface area contributed by atoms with Crippen molar-refractivity contribution in [3.8, 4) is 5.75 Å². The number of aromatic nitrogens is 1. The number of nitrogens with one attached hydrogen (secondary N) is 1. The first-order valence-corrected chi connectivity index (χ1v) is 10.7. The normalized spacial score (nSPS) is 22.9. The zero-order valence-electron chi connectivity index (χ0n) is 17.6. The molecule has 1 spiro atoms. The van der Waals surface area contributed by atoms with Crippen LogP contribution < -0.4 is 4.74 Å². The van der Waals surface area contributed by atoms with Crippen molar-refractivity contribution in [2.45, 2.75) is 51.1 Å². The molecule has 1 aliphatic carbocycles. The number of halogens is 2. The first kappa shape index (κ1) is 19.6. The Balaban J connectivity index is 1.50. The Kier molecular flexibility index (Phi) is 4.62. The summed E-state index contributed by atoms with van der Waals surface area (Å²) in [7, 11) is 1.72. The minimum Gasteiger partial charge on any atom is -0.496 e. The van der Waals surface area contributed by atoms with Gasteiger partial charge in [0.05, 0.1) is 7.11 Å². The van der Waals surface area contributed by atoms with E-state index in [1.54, 1.807) is 7.11 Å². The van der Waals surface area contributed by atoms with Gasteiger partial charge in [-0.2, -0.15) is 0 Å². The molecule has 0 radical (unpaired) electrons. The van der Waals surface area contributed by atoms with Crippen LogP contribution in [0.3, 0.4) is 0 Å². The van der Waals surface area contributed by atoms with E-state index >= 15 is 0 Å². The summed E-state index contributed by atoms with van der Waals surface area (Å²) >= 11 is 0. The van der Waals surface area contributed by atoms with Crippen molar-refractivity contribution < 1.29 is 13.5 Å². The highest BCUT2D eigenvalue weighted by molar-refractivity contribution is 5.88. The van der Waals surface area contributed by atoms with Crippen LogP contribution in [-0.4, -0.2) is 29.5 Å². The van der Waals surface area contributed by atoms with E-state index in [0.29, 0.717) is 0 Å². The lowest BCUT2D eigenvalue weighted by molar-refractivity contribution is -0.186. The molecule has 1 aromatic heterocycles. The number of H-pyrrole nitrogens is 1. The van der Waals surface area contributed by atoms with E-state index in [1.165, 1.54) is 10.9 Å². The van der Waals surface area contributed by atoms with E-state index in [2.05, 4.69) is 41.1 Å². The molecule has 3 aromatic rings. The van der Waals surface area contributed by atoms with Gasteiger partial charge in [0.15, 0.2) is 0 Å². The second-order valence-corrected chi connectivity index (χ2v) is 9.20. The number of ether oxygens (including phenoxy) is 1. The second-order valence-electron chi connectivity index (χ2n) is 9.20. The fraction of sp³-hybridized carbons (Fsp3) is 0.440. The third-order valence-corrected chi connectivity index (χ3v) is 7.14. The number of rotatable bonds is 4. The number of nitrogens with zero attached hydrogens (tertiary/aromatic N) is 1. The topological polar surface area (TPSA) is 28.3 Å². The number of alkyl halides is 2. The lowest BCUT2D eigenvalue weighted by atomic mass is 9.59. The summed E-state index contributed by atoms with van der Waals surface area (Å²) in [5, 5.41) is 1.18. The summed E-state index contributed by atoms with van der Waals surface area (Å²) in [6, 6.07) is 14.7. The Morgan fingerprint density at radius 3 is 2.63 bits per heavy atom. The first-order chi connectivity index (χ1) is 14.4. The summed E-state index contributed by atoms with van der Waals surface area (Å²) in [5.74, 6) is -1.59. The number of hydrogen-bond donors (Lipinski definition) is 1. The summed E-state index contributed by atoms with van der Waals surface area (Å²) in [4.78, 5) is 5.80. The highest BCUT2D eigenvalue weighted by atomic mass is 19.3. The molecular weight excluding hydrogens is 382 g/mol. The van der Waals surface area contributed by atoms with Gasteiger partial charge in [-0.25, -0.2) is 8.78 Å². The van der Waals surface area contributed by atoms with Gasteiger partial charge >= 0.3 is 0 Å². The lowest BCUT2D eigenvalue weighted by Gasteiger charge is -2.54. The van der Waals surface area contributed by atoms with Gasteiger partial charge in [-0.15, -0.1) is 0 Å². The second kappa shape index (κ2) is 7.09. The molecule has 30 heavy (non-hydrogen) atoms. The Hall–Kier alpha value is -2.40.